The van der Waals surface area contributed by atoms with E-state index in [0.29, 0.717) is 18.0 Å². The van der Waals surface area contributed by atoms with Crippen LogP contribution in [0.5, 0.6) is 0 Å². The first kappa shape index (κ1) is 22.4. The van der Waals surface area contributed by atoms with Crippen LogP contribution in [0.4, 0.5) is 0 Å². The number of methoxy groups -OCH3 is 1. The van der Waals surface area contributed by atoms with Gasteiger partial charge in [0.15, 0.2) is 5.96 Å². The maximum Gasteiger partial charge on any atom is 0.191 e. The Bertz CT molecular complexity index is 686. The standard InChI is InChI=1S/C19H34N6O.HI/c1-12(2)16-24-23-15-9-8-13(11-25(15)16)21-17(20-6)22-14-10-19(5,26-7)18(14,3)4;/h12-14H,8-11H2,1-7H3,(H2,20,21,22);1H. The van der Waals surface area contributed by atoms with E-state index in [4.69, 9.17) is 4.74 Å². The second-order valence-corrected chi connectivity index (χ2v) is 8.75. The molecule has 1 aromatic rings. The van der Waals surface area contributed by atoms with Crippen LogP contribution in [0, 0.1) is 5.41 Å². The van der Waals surface area contributed by atoms with Crippen LogP contribution in [0.1, 0.15) is 65.0 Å². The van der Waals surface area contributed by atoms with Crippen molar-refractivity contribution in [2.24, 2.45) is 10.4 Å². The van der Waals surface area contributed by atoms with Gasteiger partial charge in [0.2, 0.25) is 0 Å². The number of hydrogen-bond donors (Lipinski definition) is 2. The Morgan fingerprint density at radius 1 is 1.26 bits per heavy atom. The van der Waals surface area contributed by atoms with E-state index in [1.165, 1.54) is 0 Å². The zero-order valence-electron chi connectivity index (χ0n) is 17.7. The minimum atomic E-state index is -0.0854. The summed E-state index contributed by atoms with van der Waals surface area (Å²) in [6.45, 7) is 11.9. The zero-order chi connectivity index (χ0) is 19.1. The fourth-order valence-electron chi connectivity index (χ4n) is 4.15. The Kier molecular flexibility index (Phi) is 6.82. The summed E-state index contributed by atoms with van der Waals surface area (Å²) in [5.41, 5.74) is -0.0317. The fraction of sp³-hybridized carbons (Fsp3) is 0.842. The molecule has 0 amide bonds. The number of rotatable bonds is 4. The molecule has 3 unspecified atom stereocenters. The van der Waals surface area contributed by atoms with Crippen molar-refractivity contribution >= 4 is 29.9 Å². The minimum Gasteiger partial charge on any atom is -0.378 e. The van der Waals surface area contributed by atoms with Crippen LogP contribution in [-0.4, -0.2) is 52.6 Å². The molecule has 1 saturated carbocycles. The van der Waals surface area contributed by atoms with Crippen LogP contribution in [0.25, 0.3) is 0 Å². The quantitative estimate of drug-likeness (QED) is 0.386. The Balaban J connectivity index is 0.00000261. The van der Waals surface area contributed by atoms with Gasteiger partial charge in [-0.3, -0.25) is 4.99 Å². The topological polar surface area (TPSA) is 76.4 Å². The highest BCUT2D eigenvalue weighted by Gasteiger charge is 2.58. The van der Waals surface area contributed by atoms with Crippen LogP contribution in [-0.2, 0) is 17.7 Å². The predicted molar refractivity (Wildman–Crippen MR) is 119 cm³/mol. The Morgan fingerprint density at radius 2 is 1.96 bits per heavy atom. The highest BCUT2D eigenvalue weighted by atomic mass is 127. The van der Waals surface area contributed by atoms with E-state index in [2.05, 4.69) is 65.0 Å². The van der Waals surface area contributed by atoms with Crippen molar-refractivity contribution in [2.75, 3.05) is 14.2 Å². The molecule has 1 aliphatic heterocycles. The van der Waals surface area contributed by atoms with Crippen molar-refractivity contribution in [3.8, 4) is 0 Å². The number of halogens is 1. The number of aromatic nitrogens is 3. The summed E-state index contributed by atoms with van der Waals surface area (Å²) < 4.78 is 8.00. The number of aliphatic imine (C=N–C) groups is 1. The van der Waals surface area contributed by atoms with Gasteiger partial charge >= 0.3 is 0 Å². The van der Waals surface area contributed by atoms with Gasteiger partial charge in [-0.25, -0.2) is 0 Å². The number of fused-ring (bicyclic) bond motifs is 1. The molecule has 1 fully saturated rings. The third-order valence-corrected chi connectivity index (χ3v) is 6.65. The van der Waals surface area contributed by atoms with Crippen molar-refractivity contribution in [1.29, 1.82) is 0 Å². The number of guanidine groups is 1. The summed E-state index contributed by atoms with van der Waals surface area (Å²) in [6.07, 6.45) is 2.97. The van der Waals surface area contributed by atoms with Crippen molar-refractivity contribution in [2.45, 2.75) is 84.0 Å². The predicted octanol–water partition coefficient (Wildman–Crippen LogP) is 2.70. The molecule has 2 aliphatic rings. The van der Waals surface area contributed by atoms with Gasteiger partial charge in [-0.2, -0.15) is 0 Å². The number of nitrogens with zero attached hydrogens (tertiary/aromatic N) is 4. The second kappa shape index (κ2) is 8.23. The molecular weight excluding hydrogens is 455 g/mol. The molecule has 3 atom stereocenters. The summed E-state index contributed by atoms with van der Waals surface area (Å²) in [5.74, 6) is 3.43. The highest BCUT2D eigenvalue weighted by molar-refractivity contribution is 14.0. The molecule has 0 spiro atoms. The smallest absolute Gasteiger partial charge is 0.191 e. The number of aryl methyl sites for hydroxylation is 1. The summed E-state index contributed by atoms with van der Waals surface area (Å²) in [6, 6.07) is 0.679. The van der Waals surface area contributed by atoms with Crippen molar-refractivity contribution in [3.05, 3.63) is 11.6 Å². The third-order valence-electron chi connectivity index (χ3n) is 6.65. The first-order chi connectivity index (χ1) is 12.2. The first-order valence-electron chi connectivity index (χ1n) is 9.69. The number of hydrogen-bond acceptors (Lipinski definition) is 4. The van der Waals surface area contributed by atoms with Crippen molar-refractivity contribution < 1.29 is 4.74 Å². The number of ether oxygens (including phenoxy) is 1. The second-order valence-electron chi connectivity index (χ2n) is 8.75. The van der Waals surface area contributed by atoms with Gasteiger partial charge in [0.05, 0.1) is 5.60 Å². The van der Waals surface area contributed by atoms with Gasteiger partial charge < -0.3 is 19.9 Å². The Morgan fingerprint density at radius 3 is 2.52 bits per heavy atom. The molecule has 2 N–H and O–H groups in total. The minimum absolute atomic E-state index is 0. The van der Waals surface area contributed by atoms with Gasteiger partial charge in [0.25, 0.3) is 0 Å². The molecular formula is C19H35IN6O. The lowest BCUT2D eigenvalue weighted by Gasteiger charge is -2.59. The molecule has 154 valence electrons. The maximum absolute atomic E-state index is 5.73. The third kappa shape index (κ3) is 3.97. The largest absolute Gasteiger partial charge is 0.378 e. The lowest BCUT2D eigenvalue weighted by Crippen LogP contribution is -2.69. The highest BCUT2D eigenvalue weighted by Crippen LogP contribution is 2.51. The van der Waals surface area contributed by atoms with Crippen LogP contribution in [0.3, 0.4) is 0 Å². The van der Waals surface area contributed by atoms with E-state index >= 15 is 0 Å². The van der Waals surface area contributed by atoms with E-state index in [1.807, 2.05) is 7.05 Å². The van der Waals surface area contributed by atoms with Crippen LogP contribution in [0.2, 0.25) is 0 Å². The van der Waals surface area contributed by atoms with Gasteiger partial charge in [0, 0.05) is 50.5 Å². The Labute approximate surface area is 180 Å². The molecule has 27 heavy (non-hydrogen) atoms. The molecule has 0 saturated heterocycles. The average Bonchev–Trinajstić information content (AvgIpc) is 3.03. The molecule has 0 bridgehead atoms. The number of nitrogens with one attached hydrogen (secondary N) is 2. The normalized spacial score (nSPS) is 29.6. The van der Waals surface area contributed by atoms with Crippen LogP contribution in [0.15, 0.2) is 4.99 Å². The van der Waals surface area contributed by atoms with Crippen LogP contribution < -0.4 is 10.6 Å². The summed E-state index contributed by atoms with van der Waals surface area (Å²) in [7, 11) is 3.64. The van der Waals surface area contributed by atoms with Crippen LogP contribution >= 0.6 is 24.0 Å². The molecule has 1 aliphatic carbocycles. The van der Waals surface area contributed by atoms with Gasteiger partial charge in [-0.05, 0) is 19.8 Å². The molecule has 0 radical (unpaired) electrons. The van der Waals surface area contributed by atoms with E-state index in [9.17, 15) is 0 Å². The fourth-order valence-corrected chi connectivity index (χ4v) is 4.15. The van der Waals surface area contributed by atoms with Gasteiger partial charge in [0.1, 0.15) is 11.6 Å². The molecule has 7 nitrogen and oxygen atoms in total. The lowest BCUT2D eigenvalue weighted by atomic mass is 9.56. The first-order valence-corrected chi connectivity index (χ1v) is 9.69. The van der Waals surface area contributed by atoms with Gasteiger partial charge in [-0.1, -0.05) is 27.7 Å². The molecule has 3 rings (SSSR count). The molecule has 0 aromatic carbocycles. The van der Waals surface area contributed by atoms with Gasteiger partial charge in [-0.15, -0.1) is 34.2 Å². The molecule has 8 heteroatoms. The lowest BCUT2D eigenvalue weighted by molar-refractivity contribution is -0.176. The van der Waals surface area contributed by atoms with E-state index in [-0.39, 0.29) is 35.0 Å². The molecule has 2 heterocycles. The SMILES string of the molecule is CN=C(NC1CCc2nnc(C(C)C)n2C1)NC1CC(C)(OC)C1(C)C.I. The molecule has 1 aromatic heterocycles. The van der Waals surface area contributed by atoms with E-state index < -0.39 is 0 Å². The average molecular weight is 490 g/mol. The monoisotopic (exact) mass is 490 g/mol. The van der Waals surface area contributed by atoms with E-state index in [0.717, 1.165) is 43.4 Å². The van der Waals surface area contributed by atoms with E-state index in [1.54, 1.807) is 7.11 Å². The maximum atomic E-state index is 5.73. The summed E-state index contributed by atoms with van der Waals surface area (Å²) in [4.78, 5) is 4.46. The summed E-state index contributed by atoms with van der Waals surface area (Å²) in [5, 5.41) is 15.9. The zero-order valence-corrected chi connectivity index (χ0v) is 20.0. The Hall–Kier alpha value is -0.900. The summed E-state index contributed by atoms with van der Waals surface area (Å²) >= 11 is 0. The van der Waals surface area contributed by atoms with Crippen molar-refractivity contribution in [3.63, 3.8) is 0 Å². The van der Waals surface area contributed by atoms with Crippen molar-refractivity contribution in [1.82, 2.24) is 25.4 Å².